The quantitative estimate of drug-likeness (QED) is 0.687. The number of esters is 1. The summed E-state index contributed by atoms with van der Waals surface area (Å²) in [6, 6.07) is 0.928. The van der Waals surface area contributed by atoms with Crippen molar-refractivity contribution in [2.45, 2.75) is 13.1 Å². The van der Waals surface area contributed by atoms with Gasteiger partial charge in [-0.3, -0.25) is 4.79 Å². The predicted octanol–water partition coefficient (Wildman–Crippen LogP) is 2.41. The molecule has 1 amide bonds. The number of anilines is 1. The summed E-state index contributed by atoms with van der Waals surface area (Å²) in [5.41, 5.74) is -0.732. The van der Waals surface area contributed by atoms with Gasteiger partial charge in [0.25, 0.3) is 0 Å². The van der Waals surface area contributed by atoms with Crippen molar-refractivity contribution in [2.75, 3.05) is 11.9 Å². The van der Waals surface area contributed by atoms with Gasteiger partial charge in [0, 0.05) is 6.20 Å². The molecule has 104 valence electrons. The third-order valence-corrected chi connectivity index (χ3v) is 2.08. The number of pyridine rings is 1. The molecule has 0 fully saturated rings. The molecule has 1 rings (SSSR count). The van der Waals surface area contributed by atoms with Gasteiger partial charge in [-0.25, -0.2) is 9.78 Å². The maximum Gasteiger partial charge on any atom is 0.471 e. The van der Waals surface area contributed by atoms with Crippen molar-refractivity contribution in [1.29, 1.82) is 0 Å². The lowest BCUT2D eigenvalue weighted by Crippen LogP contribution is -2.30. The number of ether oxygens (including phenoxy) is 1. The van der Waals surface area contributed by atoms with Crippen molar-refractivity contribution in [1.82, 2.24) is 4.98 Å². The van der Waals surface area contributed by atoms with E-state index in [4.69, 9.17) is 11.6 Å². The molecule has 0 aliphatic heterocycles. The third kappa shape index (κ3) is 4.09. The Hall–Kier alpha value is -1.83. The smallest absolute Gasteiger partial charge is 0.462 e. The molecule has 5 nitrogen and oxygen atoms in total. The summed E-state index contributed by atoms with van der Waals surface area (Å²) in [5, 5.41) is 1.37. The zero-order valence-corrected chi connectivity index (χ0v) is 10.3. The highest BCUT2D eigenvalue weighted by Gasteiger charge is 2.39. The zero-order chi connectivity index (χ0) is 14.6. The van der Waals surface area contributed by atoms with E-state index < -0.39 is 23.7 Å². The Morgan fingerprint density at radius 2 is 2.11 bits per heavy atom. The Labute approximate surface area is 110 Å². The van der Waals surface area contributed by atoms with Crippen molar-refractivity contribution < 1.29 is 27.5 Å². The molecule has 0 aromatic carbocycles. The minimum atomic E-state index is -5.08. The highest BCUT2D eigenvalue weighted by Crippen LogP contribution is 2.23. The molecule has 1 N–H and O–H groups in total. The molecule has 0 saturated carbocycles. The van der Waals surface area contributed by atoms with Crippen LogP contribution in [0.5, 0.6) is 0 Å². The Kier molecular flexibility index (Phi) is 4.71. The van der Waals surface area contributed by atoms with Gasteiger partial charge in [0.15, 0.2) is 0 Å². The van der Waals surface area contributed by atoms with Crippen LogP contribution < -0.4 is 5.32 Å². The SMILES string of the molecule is CCOC(=O)c1cnc(Cl)cc1NC(=O)C(F)(F)F. The van der Waals surface area contributed by atoms with E-state index in [0.29, 0.717) is 0 Å². The van der Waals surface area contributed by atoms with Gasteiger partial charge in [0.1, 0.15) is 10.7 Å². The summed E-state index contributed by atoms with van der Waals surface area (Å²) >= 11 is 5.50. The molecule has 19 heavy (non-hydrogen) atoms. The number of nitrogens with one attached hydrogen (secondary N) is 1. The van der Waals surface area contributed by atoms with Crippen LogP contribution in [-0.4, -0.2) is 29.6 Å². The second-order valence-corrected chi connectivity index (χ2v) is 3.61. The number of hydrogen-bond donors (Lipinski definition) is 1. The lowest BCUT2D eigenvalue weighted by atomic mass is 10.2. The van der Waals surface area contributed by atoms with Crippen LogP contribution >= 0.6 is 11.6 Å². The number of nitrogens with zero attached hydrogens (tertiary/aromatic N) is 1. The largest absolute Gasteiger partial charge is 0.471 e. The van der Waals surface area contributed by atoms with Crippen molar-refractivity contribution in [3.8, 4) is 0 Å². The van der Waals surface area contributed by atoms with E-state index in [1.165, 1.54) is 6.92 Å². The average molecular weight is 297 g/mol. The summed E-state index contributed by atoms with van der Waals surface area (Å²) in [7, 11) is 0. The Morgan fingerprint density at radius 3 is 2.63 bits per heavy atom. The molecule has 0 aliphatic carbocycles. The maximum atomic E-state index is 12.1. The Balaban J connectivity index is 3.08. The first-order valence-electron chi connectivity index (χ1n) is 4.96. The van der Waals surface area contributed by atoms with E-state index in [1.54, 1.807) is 5.32 Å². The highest BCUT2D eigenvalue weighted by atomic mass is 35.5. The molecule has 9 heteroatoms. The summed E-state index contributed by atoms with van der Waals surface area (Å²) in [5.74, 6) is -3.13. The molecule has 1 aromatic rings. The zero-order valence-electron chi connectivity index (χ0n) is 9.55. The summed E-state index contributed by atoms with van der Waals surface area (Å²) in [4.78, 5) is 25.8. The molecular weight excluding hydrogens is 289 g/mol. The number of amides is 1. The number of carbonyl (C=O) groups is 2. The molecule has 0 bridgehead atoms. The van der Waals surface area contributed by atoms with Gasteiger partial charge in [0.05, 0.1) is 12.3 Å². The topological polar surface area (TPSA) is 68.3 Å². The minimum Gasteiger partial charge on any atom is -0.462 e. The van der Waals surface area contributed by atoms with Crippen LogP contribution in [0.4, 0.5) is 18.9 Å². The third-order valence-electron chi connectivity index (χ3n) is 1.87. The normalized spacial score (nSPS) is 11.0. The van der Waals surface area contributed by atoms with Gasteiger partial charge in [0.2, 0.25) is 0 Å². The molecule has 1 aromatic heterocycles. The van der Waals surface area contributed by atoms with E-state index in [0.717, 1.165) is 12.3 Å². The average Bonchev–Trinajstić information content (AvgIpc) is 2.28. The van der Waals surface area contributed by atoms with Gasteiger partial charge in [-0.1, -0.05) is 11.6 Å². The summed E-state index contributed by atoms with van der Waals surface area (Å²) < 4.78 is 41.0. The van der Waals surface area contributed by atoms with Gasteiger partial charge >= 0.3 is 18.1 Å². The van der Waals surface area contributed by atoms with Crippen molar-refractivity contribution in [2.24, 2.45) is 0 Å². The van der Waals surface area contributed by atoms with Crippen molar-refractivity contribution in [3.05, 3.63) is 23.0 Å². The van der Waals surface area contributed by atoms with Crippen LogP contribution in [0.15, 0.2) is 12.3 Å². The van der Waals surface area contributed by atoms with E-state index in [1.807, 2.05) is 0 Å². The molecule has 0 saturated heterocycles. The van der Waals surface area contributed by atoms with Gasteiger partial charge in [-0.15, -0.1) is 0 Å². The number of aromatic nitrogens is 1. The fourth-order valence-electron chi connectivity index (χ4n) is 1.10. The number of halogens is 4. The van der Waals surface area contributed by atoms with Crippen molar-refractivity contribution >= 4 is 29.2 Å². The second-order valence-electron chi connectivity index (χ2n) is 3.22. The van der Waals surface area contributed by atoms with Crippen LogP contribution in [-0.2, 0) is 9.53 Å². The fraction of sp³-hybridized carbons (Fsp3) is 0.300. The minimum absolute atomic E-state index is 0.0219. The lowest BCUT2D eigenvalue weighted by Gasteiger charge is -2.11. The van der Waals surface area contributed by atoms with Crippen LogP contribution in [0.1, 0.15) is 17.3 Å². The Bertz CT molecular complexity index is 505. The van der Waals surface area contributed by atoms with Gasteiger partial charge in [-0.2, -0.15) is 13.2 Å². The molecular formula is C10H8ClF3N2O3. The number of carbonyl (C=O) groups excluding carboxylic acids is 2. The van der Waals surface area contributed by atoms with Crippen LogP contribution in [0.2, 0.25) is 5.15 Å². The van der Waals surface area contributed by atoms with Crippen LogP contribution in [0.3, 0.4) is 0 Å². The summed E-state index contributed by atoms with van der Waals surface area (Å²) in [6.45, 7) is 1.54. The lowest BCUT2D eigenvalue weighted by molar-refractivity contribution is -0.167. The molecule has 0 radical (unpaired) electrons. The van der Waals surface area contributed by atoms with E-state index in [-0.39, 0.29) is 17.3 Å². The standard InChI is InChI=1S/C10H8ClF3N2O3/c1-2-19-8(17)5-4-15-7(11)3-6(5)16-9(18)10(12,13)14/h3-4H,2H2,1H3,(H,15,16,18). The summed E-state index contributed by atoms with van der Waals surface area (Å²) in [6.07, 6.45) is -4.16. The van der Waals surface area contributed by atoms with Crippen molar-refractivity contribution in [3.63, 3.8) is 0 Å². The number of hydrogen-bond acceptors (Lipinski definition) is 4. The highest BCUT2D eigenvalue weighted by molar-refractivity contribution is 6.30. The van der Waals surface area contributed by atoms with E-state index in [9.17, 15) is 22.8 Å². The molecule has 0 atom stereocenters. The molecule has 0 spiro atoms. The Morgan fingerprint density at radius 1 is 1.47 bits per heavy atom. The molecule has 0 unspecified atom stereocenters. The van der Waals surface area contributed by atoms with Gasteiger partial charge < -0.3 is 10.1 Å². The molecule has 0 aliphatic rings. The number of alkyl halides is 3. The second kappa shape index (κ2) is 5.87. The monoisotopic (exact) mass is 296 g/mol. The molecule has 1 heterocycles. The van der Waals surface area contributed by atoms with Crippen LogP contribution in [0, 0.1) is 0 Å². The number of rotatable bonds is 3. The first-order chi connectivity index (χ1) is 8.75. The first-order valence-corrected chi connectivity index (χ1v) is 5.34. The fourth-order valence-corrected chi connectivity index (χ4v) is 1.26. The van der Waals surface area contributed by atoms with Gasteiger partial charge in [-0.05, 0) is 13.0 Å². The first kappa shape index (κ1) is 15.2. The van der Waals surface area contributed by atoms with Crippen LogP contribution in [0.25, 0.3) is 0 Å². The predicted molar refractivity (Wildman–Crippen MR) is 59.9 cm³/mol. The van der Waals surface area contributed by atoms with E-state index >= 15 is 0 Å². The maximum absolute atomic E-state index is 12.1. The van der Waals surface area contributed by atoms with E-state index in [2.05, 4.69) is 9.72 Å².